The van der Waals surface area contributed by atoms with Gasteiger partial charge in [0.2, 0.25) is 0 Å². The van der Waals surface area contributed by atoms with Crippen LogP contribution in [0.2, 0.25) is 0 Å². The molecule has 2 aliphatic carbocycles. The van der Waals surface area contributed by atoms with Gasteiger partial charge in [0, 0.05) is 5.69 Å². The SMILES string of the molecule is Nc1ccc2c(c1)C1(c3ccccc3-2)c2ccccc2-c2cc(N)c(O)cc21. The maximum atomic E-state index is 10.5. The van der Waals surface area contributed by atoms with Crippen LogP contribution in [0.25, 0.3) is 22.3 Å². The molecule has 2 aliphatic rings. The van der Waals surface area contributed by atoms with Crippen LogP contribution < -0.4 is 11.5 Å². The number of phenols is 1. The van der Waals surface area contributed by atoms with E-state index in [9.17, 15) is 5.11 Å². The minimum atomic E-state index is -0.502. The number of nitrogens with two attached hydrogens (primary N) is 2. The van der Waals surface area contributed by atoms with E-state index in [1.165, 1.54) is 22.3 Å². The number of aromatic hydroxyl groups is 1. The van der Waals surface area contributed by atoms with E-state index in [0.717, 1.165) is 27.9 Å². The molecule has 0 saturated heterocycles. The highest BCUT2D eigenvalue weighted by Gasteiger charge is 2.51. The number of anilines is 2. The lowest BCUT2D eigenvalue weighted by Gasteiger charge is -2.30. The molecule has 0 amide bonds. The van der Waals surface area contributed by atoms with Crippen molar-refractivity contribution in [2.45, 2.75) is 5.41 Å². The molecule has 4 aromatic carbocycles. The number of hydrogen-bond donors (Lipinski definition) is 3. The number of rotatable bonds is 0. The molecular weight excluding hydrogens is 344 g/mol. The number of fused-ring (bicyclic) bond motifs is 10. The highest BCUT2D eigenvalue weighted by atomic mass is 16.3. The third-order valence-corrected chi connectivity index (χ3v) is 6.26. The first-order valence-corrected chi connectivity index (χ1v) is 9.35. The Bertz CT molecular complexity index is 1310. The van der Waals surface area contributed by atoms with Crippen molar-refractivity contribution in [3.05, 3.63) is 101 Å². The largest absolute Gasteiger partial charge is 0.506 e. The molecule has 28 heavy (non-hydrogen) atoms. The van der Waals surface area contributed by atoms with E-state index in [4.69, 9.17) is 11.5 Å². The number of nitrogen functional groups attached to an aromatic ring is 2. The second kappa shape index (κ2) is 4.96. The summed E-state index contributed by atoms with van der Waals surface area (Å²) in [5, 5.41) is 10.5. The quantitative estimate of drug-likeness (QED) is 0.266. The lowest BCUT2D eigenvalue weighted by molar-refractivity contribution is 0.476. The summed E-state index contributed by atoms with van der Waals surface area (Å²) in [5.41, 5.74) is 22.2. The molecule has 134 valence electrons. The fourth-order valence-corrected chi connectivity index (χ4v) is 5.21. The fraction of sp³-hybridized carbons (Fsp3) is 0.0400. The Morgan fingerprint density at radius 2 is 1.14 bits per heavy atom. The summed E-state index contributed by atoms with van der Waals surface area (Å²) >= 11 is 0. The first kappa shape index (κ1) is 15.3. The lowest BCUT2D eigenvalue weighted by Crippen LogP contribution is -2.26. The molecular formula is C25H18N2O. The smallest absolute Gasteiger partial charge is 0.138 e. The van der Waals surface area contributed by atoms with Crippen LogP contribution in [-0.4, -0.2) is 5.11 Å². The van der Waals surface area contributed by atoms with Crippen LogP contribution in [0.15, 0.2) is 78.9 Å². The van der Waals surface area contributed by atoms with E-state index in [1.807, 2.05) is 24.3 Å². The van der Waals surface area contributed by atoms with Crippen molar-refractivity contribution < 1.29 is 5.11 Å². The third kappa shape index (κ3) is 1.61. The van der Waals surface area contributed by atoms with Gasteiger partial charge in [-0.05, 0) is 68.8 Å². The standard InChI is InChI=1S/C25H18N2O/c26-14-9-10-17-15-5-1-3-7-19(15)25(21(17)11-14)20-8-4-2-6-16(20)18-12-23(27)24(28)13-22(18)25/h1-13,28H,26-27H2. The van der Waals surface area contributed by atoms with Gasteiger partial charge in [0.15, 0.2) is 0 Å². The molecule has 1 spiro atoms. The molecule has 0 aromatic heterocycles. The summed E-state index contributed by atoms with van der Waals surface area (Å²) in [6.45, 7) is 0. The maximum absolute atomic E-state index is 10.5. The van der Waals surface area contributed by atoms with E-state index in [1.54, 1.807) is 0 Å². The van der Waals surface area contributed by atoms with Gasteiger partial charge in [0.1, 0.15) is 5.75 Å². The highest BCUT2D eigenvalue weighted by molar-refractivity contribution is 5.96. The van der Waals surface area contributed by atoms with Gasteiger partial charge in [-0.25, -0.2) is 0 Å². The molecule has 1 atom stereocenters. The summed E-state index contributed by atoms with van der Waals surface area (Å²) in [6, 6.07) is 26.8. The second-order valence-corrected chi connectivity index (χ2v) is 7.60. The van der Waals surface area contributed by atoms with E-state index >= 15 is 0 Å². The summed E-state index contributed by atoms with van der Waals surface area (Å²) in [6.07, 6.45) is 0. The van der Waals surface area contributed by atoms with Crippen LogP contribution in [0.1, 0.15) is 22.3 Å². The number of phenolic OH excluding ortho intramolecular Hbond substituents is 1. The van der Waals surface area contributed by atoms with E-state index in [2.05, 4.69) is 54.6 Å². The van der Waals surface area contributed by atoms with Crippen LogP contribution in [-0.2, 0) is 5.41 Å². The van der Waals surface area contributed by atoms with Gasteiger partial charge in [0.25, 0.3) is 0 Å². The Labute approximate surface area is 162 Å². The zero-order chi connectivity index (χ0) is 19.0. The monoisotopic (exact) mass is 362 g/mol. The minimum absolute atomic E-state index is 0.112. The summed E-state index contributed by atoms with van der Waals surface area (Å²) in [7, 11) is 0. The molecule has 3 nitrogen and oxygen atoms in total. The second-order valence-electron chi connectivity index (χ2n) is 7.60. The fourth-order valence-electron chi connectivity index (χ4n) is 5.21. The van der Waals surface area contributed by atoms with Crippen LogP contribution in [0.3, 0.4) is 0 Å². The van der Waals surface area contributed by atoms with E-state index in [0.29, 0.717) is 5.69 Å². The molecule has 0 fully saturated rings. The van der Waals surface area contributed by atoms with Crippen LogP contribution in [0.4, 0.5) is 11.4 Å². The zero-order valence-electron chi connectivity index (χ0n) is 15.1. The van der Waals surface area contributed by atoms with Gasteiger partial charge in [-0.15, -0.1) is 0 Å². The van der Waals surface area contributed by atoms with E-state index < -0.39 is 5.41 Å². The molecule has 0 saturated carbocycles. The lowest BCUT2D eigenvalue weighted by atomic mass is 9.70. The maximum Gasteiger partial charge on any atom is 0.138 e. The van der Waals surface area contributed by atoms with Gasteiger partial charge in [-0.2, -0.15) is 0 Å². The summed E-state index contributed by atoms with van der Waals surface area (Å²) in [4.78, 5) is 0. The zero-order valence-corrected chi connectivity index (χ0v) is 15.1. The number of hydrogen-bond acceptors (Lipinski definition) is 3. The van der Waals surface area contributed by atoms with Crippen LogP contribution in [0, 0.1) is 0 Å². The van der Waals surface area contributed by atoms with Crippen LogP contribution in [0.5, 0.6) is 5.75 Å². The van der Waals surface area contributed by atoms with Crippen molar-refractivity contribution in [2.24, 2.45) is 0 Å². The Morgan fingerprint density at radius 1 is 0.571 bits per heavy atom. The number of benzene rings is 4. The Balaban J connectivity index is 1.87. The molecule has 1 unspecified atom stereocenters. The molecule has 0 aliphatic heterocycles. The molecule has 3 heteroatoms. The van der Waals surface area contributed by atoms with Gasteiger partial charge in [-0.3, -0.25) is 0 Å². The first-order chi connectivity index (χ1) is 13.6. The molecule has 0 heterocycles. The molecule has 5 N–H and O–H groups in total. The van der Waals surface area contributed by atoms with Gasteiger partial charge in [0.05, 0.1) is 11.1 Å². The molecule has 0 bridgehead atoms. The average Bonchev–Trinajstić information content (AvgIpc) is 3.15. The molecule has 0 radical (unpaired) electrons. The first-order valence-electron chi connectivity index (χ1n) is 9.35. The Morgan fingerprint density at radius 3 is 1.86 bits per heavy atom. The van der Waals surface area contributed by atoms with Gasteiger partial charge < -0.3 is 16.6 Å². The van der Waals surface area contributed by atoms with Gasteiger partial charge >= 0.3 is 0 Å². The molecule has 6 rings (SSSR count). The normalized spacial score (nSPS) is 17.9. The Hall–Kier alpha value is -3.72. The Kier molecular flexibility index (Phi) is 2.72. The van der Waals surface area contributed by atoms with Crippen molar-refractivity contribution in [1.29, 1.82) is 0 Å². The topological polar surface area (TPSA) is 72.3 Å². The molecule has 4 aromatic rings. The predicted octanol–water partition coefficient (Wildman–Crippen LogP) is 4.90. The van der Waals surface area contributed by atoms with E-state index in [-0.39, 0.29) is 5.75 Å². The van der Waals surface area contributed by atoms with Crippen molar-refractivity contribution in [2.75, 3.05) is 11.5 Å². The third-order valence-electron chi connectivity index (χ3n) is 6.26. The summed E-state index contributed by atoms with van der Waals surface area (Å²) < 4.78 is 0. The highest BCUT2D eigenvalue weighted by Crippen LogP contribution is 2.63. The van der Waals surface area contributed by atoms with Crippen molar-refractivity contribution in [3.63, 3.8) is 0 Å². The minimum Gasteiger partial charge on any atom is -0.506 e. The average molecular weight is 362 g/mol. The van der Waals surface area contributed by atoms with Crippen molar-refractivity contribution >= 4 is 11.4 Å². The summed E-state index contributed by atoms with van der Waals surface area (Å²) in [5.74, 6) is 0.112. The van der Waals surface area contributed by atoms with Crippen molar-refractivity contribution in [1.82, 2.24) is 0 Å². The van der Waals surface area contributed by atoms with Crippen LogP contribution >= 0.6 is 0 Å². The predicted molar refractivity (Wildman–Crippen MR) is 113 cm³/mol. The van der Waals surface area contributed by atoms with Crippen molar-refractivity contribution in [3.8, 4) is 28.0 Å². The van der Waals surface area contributed by atoms with Gasteiger partial charge in [-0.1, -0.05) is 54.6 Å².